The Labute approximate surface area is 211 Å². The lowest BCUT2D eigenvalue weighted by Gasteiger charge is -2.20. The number of carbonyl (C=O) groups is 1. The van der Waals surface area contributed by atoms with Gasteiger partial charge in [-0.25, -0.2) is 19.7 Å². The van der Waals surface area contributed by atoms with Crippen molar-refractivity contribution in [2.45, 2.75) is 52.4 Å². The van der Waals surface area contributed by atoms with Crippen LogP contribution in [0.3, 0.4) is 0 Å². The van der Waals surface area contributed by atoms with E-state index in [4.69, 9.17) is 19.4 Å². The van der Waals surface area contributed by atoms with Crippen molar-refractivity contribution in [3.8, 4) is 17.1 Å². The van der Waals surface area contributed by atoms with Crippen LogP contribution in [-0.2, 0) is 24.2 Å². The molecule has 0 radical (unpaired) electrons. The Morgan fingerprint density at radius 1 is 1.06 bits per heavy atom. The molecule has 0 unspecified atom stereocenters. The summed E-state index contributed by atoms with van der Waals surface area (Å²) < 4.78 is 10.7. The number of carbonyl (C=O) groups excluding carboxylic acids is 1. The Morgan fingerprint density at radius 3 is 2.47 bits per heavy atom. The molecule has 1 amide bonds. The number of amides is 1. The van der Waals surface area contributed by atoms with Crippen molar-refractivity contribution in [3.63, 3.8) is 0 Å². The maximum Gasteiger partial charge on any atom is 0.410 e. The van der Waals surface area contributed by atoms with Crippen LogP contribution < -0.4 is 10.1 Å². The number of rotatable bonds is 8. The second kappa shape index (κ2) is 11.3. The van der Waals surface area contributed by atoms with E-state index in [9.17, 15) is 9.90 Å². The third-order valence-corrected chi connectivity index (χ3v) is 6.31. The fourth-order valence-electron chi connectivity index (χ4n) is 4.29. The van der Waals surface area contributed by atoms with Gasteiger partial charge in [-0.3, -0.25) is 0 Å². The van der Waals surface area contributed by atoms with Crippen LogP contribution in [0.15, 0.2) is 42.5 Å². The molecule has 4 rings (SSSR count). The molecule has 1 aliphatic heterocycles. The molecule has 2 aromatic heterocycles. The molecule has 1 aliphatic rings. The number of nitrogens with zero attached hydrogens (tertiary/aromatic N) is 4. The van der Waals surface area contributed by atoms with E-state index in [1.807, 2.05) is 63.2 Å². The number of β-amino-alcohol motifs (C(OH)–C–C–N with tert-alkyl or cyclic N) is 1. The zero-order valence-corrected chi connectivity index (χ0v) is 21.2. The number of hydrogen-bond acceptors (Lipinski definition) is 8. The van der Waals surface area contributed by atoms with Gasteiger partial charge in [0.25, 0.3) is 0 Å². The van der Waals surface area contributed by atoms with E-state index in [0.29, 0.717) is 31.1 Å². The van der Waals surface area contributed by atoms with Crippen LogP contribution in [0.1, 0.15) is 36.5 Å². The minimum absolute atomic E-state index is 0.190. The number of pyridine rings is 1. The molecule has 1 aromatic carbocycles. The Balaban J connectivity index is 1.50. The molecule has 0 saturated carbocycles. The number of likely N-dealkylation sites (tertiary alicyclic amines) is 1. The highest BCUT2D eigenvalue weighted by Gasteiger charge is 2.35. The molecule has 2 N–H and O–H groups in total. The van der Waals surface area contributed by atoms with E-state index in [1.165, 1.54) is 4.90 Å². The van der Waals surface area contributed by atoms with Gasteiger partial charge in [0.15, 0.2) is 0 Å². The fourth-order valence-corrected chi connectivity index (χ4v) is 4.29. The van der Waals surface area contributed by atoms with E-state index in [0.717, 1.165) is 33.9 Å². The largest absolute Gasteiger partial charge is 0.481 e. The number of ether oxygens (including phenoxy) is 2. The number of nitrogens with one attached hydrogen (secondary N) is 1. The van der Waals surface area contributed by atoms with Crippen LogP contribution in [0.25, 0.3) is 11.3 Å². The normalized spacial score (nSPS) is 17.2. The van der Waals surface area contributed by atoms with E-state index >= 15 is 0 Å². The molecule has 0 spiro atoms. The number of aromatic nitrogens is 3. The van der Waals surface area contributed by atoms with Gasteiger partial charge < -0.3 is 24.8 Å². The average molecular weight is 492 g/mol. The summed E-state index contributed by atoms with van der Waals surface area (Å²) >= 11 is 0. The number of aliphatic hydroxyl groups is 1. The van der Waals surface area contributed by atoms with Gasteiger partial charge in [0.05, 0.1) is 48.6 Å². The summed E-state index contributed by atoms with van der Waals surface area (Å²) in [7, 11) is 1.59. The van der Waals surface area contributed by atoms with Crippen LogP contribution in [0.5, 0.6) is 5.88 Å². The van der Waals surface area contributed by atoms with Gasteiger partial charge in [0.1, 0.15) is 12.4 Å². The number of aliphatic hydroxyl groups excluding tert-OH is 1. The lowest BCUT2D eigenvalue weighted by Crippen LogP contribution is -2.34. The Bertz CT molecular complexity index is 1200. The van der Waals surface area contributed by atoms with Crippen LogP contribution >= 0.6 is 0 Å². The summed E-state index contributed by atoms with van der Waals surface area (Å²) in [6.07, 6.45) is 0.132. The smallest absolute Gasteiger partial charge is 0.410 e. The number of aryl methyl sites for hydroxylation is 3. The van der Waals surface area contributed by atoms with Gasteiger partial charge in [-0.05, 0) is 31.4 Å². The quantitative estimate of drug-likeness (QED) is 0.490. The summed E-state index contributed by atoms with van der Waals surface area (Å²) in [6, 6.07) is 12.9. The third-order valence-electron chi connectivity index (χ3n) is 6.31. The predicted octanol–water partition coefficient (Wildman–Crippen LogP) is 3.77. The molecule has 0 aliphatic carbocycles. The summed E-state index contributed by atoms with van der Waals surface area (Å²) in [4.78, 5) is 28.4. The van der Waals surface area contributed by atoms with Crippen molar-refractivity contribution in [3.05, 3.63) is 65.1 Å². The molecular weight excluding hydrogens is 458 g/mol. The molecule has 3 aromatic rings. The molecule has 36 heavy (non-hydrogen) atoms. The SMILES string of the molecule is CCc1nc(-c2ccc(OC)nc2C)c(CC)nc1N[C@@H]1CN(C(=O)OCc2ccccc2)C[C@@H]1O. The van der Waals surface area contributed by atoms with E-state index in [-0.39, 0.29) is 19.2 Å². The first-order chi connectivity index (χ1) is 17.4. The van der Waals surface area contributed by atoms with Gasteiger partial charge in [-0.2, -0.15) is 0 Å². The lowest BCUT2D eigenvalue weighted by atomic mass is 10.1. The Morgan fingerprint density at radius 2 is 1.81 bits per heavy atom. The molecule has 9 heteroatoms. The zero-order valence-electron chi connectivity index (χ0n) is 21.2. The third kappa shape index (κ3) is 5.57. The van der Waals surface area contributed by atoms with Crippen molar-refractivity contribution in [1.82, 2.24) is 19.9 Å². The van der Waals surface area contributed by atoms with Crippen LogP contribution in [-0.4, -0.2) is 63.4 Å². The highest BCUT2D eigenvalue weighted by Crippen LogP contribution is 2.29. The van der Waals surface area contributed by atoms with Gasteiger partial charge in [0.2, 0.25) is 5.88 Å². The molecular formula is C27H33N5O4. The average Bonchev–Trinajstić information content (AvgIpc) is 3.27. The molecule has 190 valence electrons. The fraction of sp³-hybridized carbons (Fsp3) is 0.407. The van der Waals surface area contributed by atoms with Crippen molar-refractivity contribution >= 4 is 11.9 Å². The maximum absolute atomic E-state index is 12.6. The van der Waals surface area contributed by atoms with Gasteiger partial charge in [-0.1, -0.05) is 44.2 Å². The lowest BCUT2D eigenvalue weighted by molar-refractivity contribution is 0.0971. The van der Waals surface area contributed by atoms with Crippen molar-refractivity contribution in [2.75, 3.05) is 25.5 Å². The van der Waals surface area contributed by atoms with Crippen molar-refractivity contribution < 1.29 is 19.4 Å². The minimum Gasteiger partial charge on any atom is -0.481 e. The Kier molecular flexibility index (Phi) is 8.00. The number of methoxy groups -OCH3 is 1. The molecule has 3 heterocycles. The van der Waals surface area contributed by atoms with Gasteiger partial charge >= 0.3 is 6.09 Å². The topological polar surface area (TPSA) is 110 Å². The van der Waals surface area contributed by atoms with Crippen molar-refractivity contribution in [2.24, 2.45) is 0 Å². The monoisotopic (exact) mass is 491 g/mol. The maximum atomic E-state index is 12.6. The summed E-state index contributed by atoms with van der Waals surface area (Å²) in [5.74, 6) is 1.18. The Hall–Kier alpha value is -3.72. The minimum atomic E-state index is -0.751. The van der Waals surface area contributed by atoms with Gasteiger partial charge in [-0.15, -0.1) is 0 Å². The second-order valence-corrected chi connectivity index (χ2v) is 8.77. The van der Waals surface area contributed by atoms with Crippen LogP contribution in [0.2, 0.25) is 0 Å². The first kappa shape index (κ1) is 25.4. The molecule has 2 atom stereocenters. The molecule has 0 bridgehead atoms. The van der Waals surface area contributed by atoms with Crippen molar-refractivity contribution in [1.29, 1.82) is 0 Å². The van der Waals surface area contributed by atoms with Crippen LogP contribution in [0, 0.1) is 6.92 Å². The standard InChI is InChI=1S/C27H33N5O4/c1-5-20-25(19-12-13-24(35-4)28-17(19)3)29-21(6-2)26(30-20)31-22-14-32(15-23(22)33)27(34)36-16-18-10-8-7-9-11-18/h7-13,22-23,33H,5-6,14-16H2,1-4H3,(H,30,31)/t22-,23+/m1/s1. The second-order valence-electron chi connectivity index (χ2n) is 8.77. The molecule has 1 saturated heterocycles. The number of hydrogen-bond donors (Lipinski definition) is 2. The first-order valence-electron chi connectivity index (χ1n) is 12.2. The predicted molar refractivity (Wildman–Crippen MR) is 137 cm³/mol. The molecule has 9 nitrogen and oxygen atoms in total. The van der Waals surface area contributed by atoms with E-state index < -0.39 is 12.2 Å². The number of benzene rings is 1. The highest BCUT2D eigenvalue weighted by molar-refractivity contribution is 5.69. The van der Waals surface area contributed by atoms with Crippen LogP contribution in [0.4, 0.5) is 10.6 Å². The summed E-state index contributed by atoms with van der Waals surface area (Å²) in [6.45, 7) is 6.67. The zero-order chi connectivity index (χ0) is 25.7. The van der Waals surface area contributed by atoms with Gasteiger partial charge in [0, 0.05) is 18.2 Å². The highest BCUT2D eigenvalue weighted by atomic mass is 16.6. The number of anilines is 1. The molecule has 1 fully saturated rings. The van der Waals surface area contributed by atoms with E-state index in [2.05, 4.69) is 10.3 Å². The van der Waals surface area contributed by atoms with E-state index in [1.54, 1.807) is 7.11 Å². The summed E-state index contributed by atoms with van der Waals surface area (Å²) in [5, 5.41) is 14.0. The summed E-state index contributed by atoms with van der Waals surface area (Å²) in [5.41, 5.74) is 5.06. The first-order valence-corrected chi connectivity index (χ1v) is 12.2.